The molecule has 2 unspecified atom stereocenters. The molecular formula is C12H18N4O4. The largest absolute Gasteiger partial charge is 0.480 e. The topological polar surface area (TPSA) is 97.4 Å². The van der Waals surface area contributed by atoms with E-state index in [9.17, 15) is 19.5 Å². The second kappa shape index (κ2) is 5.10. The van der Waals surface area contributed by atoms with E-state index in [1.54, 1.807) is 0 Å². The van der Waals surface area contributed by atoms with Crippen LogP contribution in [0.5, 0.6) is 0 Å². The van der Waals surface area contributed by atoms with Crippen LogP contribution < -0.4 is 16.1 Å². The molecule has 1 aliphatic rings. The minimum Gasteiger partial charge on any atom is -0.480 e. The fraction of sp³-hybridized carbons (Fsp3) is 0.667. The van der Waals surface area contributed by atoms with E-state index >= 15 is 0 Å². The number of aryl methyl sites for hydroxylation is 1. The van der Waals surface area contributed by atoms with Crippen molar-refractivity contribution in [2.45, 2.75) is 25.8 Å². The number of nitrogens with zero attached hydrogens (tertiary/aromatic N) is 4. The van der Waals surface area contributed by atoms with Gasteiger partial charge in [0.15, 0.2) is 0 Å². The Balaban J connectivity index is 2.52. The maximum atomic E-state index is 12.1. The second-order valence-corrected chi connectivity index (χ2v) is 5.27. The first-order valence-electron chi connectivity index (χ1n) is 6.46. The molecule has 8 heteroatoms. The molecule has 0 saturated carbocycles. The molecule has 2 heterocycles. The molecule has 1 saturated heterocycles. The van der Waals surface area contributed by atoms with Gasteiger partial charge in [-0.1, -0.05) is 6.92 Å². The lowest BCUT2D eigenvalue weighted by Gasteiger charge is -2.36. The number of piperidine rings is 1. The van der Waals surface area contributed by atoms with E-state index in [-0.39, 0.29) is 11.7 Å². The highest BCUT2D eigenvalue weighted by molar-refractivity contribution is 5.77. The Bertz CT molecular complexity index is 648. The molecule has 0 radical (unpaired) electrons. The number of anilines is 1. The standard InChI is InChI=1S/C12H18N4O4/c1-7-4-5-16(8(6-7)11(18)19)9-10(17)14(2)12(20)15(3)13-9/h7-8H,4-6H2,1-3H3,(H,18,19). The molecule has 8 nitrogen and oxygen atoms in total. The van der Waals surface area contributed by atoms with Crippen molar-refractivity contribution < 1.29 is 9.90 Å². The Hall–Kier alpha value is -2.12. The van der Waals surface area contributed by atoms with Crippen LogP contribution in [-0.2, 0) is 18.9 Å². The first-order chi connectivity index (χ1) is 9.32. The fourth-order valence-electron chi connectivity index (χ4n) is 2.49. The highest BCUT2D eigenvalue weighted by atomic mass is 16.4. The van der Waals surface area contributed by atoms with E-state index in [4.69, 9.17) is 0 Å². The zero-order chi connectivity index (χ0) is 15.0. The minimum absolute atomic E-state index is 0.0221. The molecule has 1 aliphatic heterocycles. The van der Waals surface area contributed by atoms with Crippen molar-refractivity contribution in [2.24, 2.45) is 20.0 Å². The quantitative estimate of drug-likeness (QED) is 0.760. The van der Waals surface area contributed by atoms with Gasteiger partial charge in [0, 0.05) is 20.6 Å². The molecule has 20 heavy (non-hydrogen) atoms. The zero-order valence-corrected chi connectivity index (χ0v) is 11.7. The van der Waals surface area contributed by atoms with Crippen molar-refractivity contribution in [1.82, 2.24) is 14.3 Å². The number of carboxylic acid groups (broad SMARTS) is 1. The Morgan fingerprint density at radius 3 is 2.60 bits per heavy atom. The van der Waals surface area contributed by atoms with Gasteiger partial charge in [0.1, 0.15) is 6.04 Å². The number of aliphatic carboxylic acids is 1. The van der Waals surface area contributed by atoms with E-state index < -0.39 is 23.3 Å². The monoisotopic (exact) mass is 282 g/mol. The molecule has 1 aromatic rings. The summed E-state index contributed by atoms with van der Waals surface area (Å²) in [7, 11) is 2.80. The SMILES string of the molecule is CC1CCN(c2nn(C)c(=O)n(C)c2=O)C(C(=O)O)C1. The molecule has 0 bridgehead atoms. The molecule has 0 amide bonds. The first-order valence-corrected chi connectivity index (χ1v) is 6.46. The molecule has 0 aromatic carbocycles. The van der Waals surface area contributed by atoms with Crippen LogP contribution in [0, 0.1) is 5.92 Å². The average Bonchev–Trinajstić information content (AvgIpc) is 2.40. The Labute approximate surface area is 115 Å². The predicted octanol–water partition coefficient (Wildman–Crippen LogP) is -0.831. The van der Waals surface area contributed by atoms with Crippen molar-refractivity contribution in [1.29, 1.82) is 0 Å². The van der Waals surface area contributed by atoms with Gasteiger partial charge in [0.2, 0.25) is 5.82 Å². The number of hydrogen-bond donors (Lipinski definition) is 1. The van der Waals surface area contributed by atoms with Crippen LogP contribution in [0.3, 0.4) is 0 Å². The van der Waals surface area contributed by atoms with Crippen molar-refractivity contribution in [3.8, 4) is 0 Å². The molecule has 1 fully saturated rings. The van der Waals surface area contributed by atoms with Gasteiger partial charge in [-0.2, -0.15) is 0 Å². The molecule has 110 valence electrons. The van der Waals surface area contributed by atoms with Crippen LogP contribution >= 0.6 is 0 Å². The van der Waals surface area contributed by atoms with Crippen LogP contribution in [0.25, 0.3) is 0 Å². The molecule has 1 aromatic heterocycles. The third kappa shape index (κ3) is 2.33. The molecule has 2 rings (SSSR count). The van der Waals surface area contributed by atoms with Crippen LogP contribution in [0.15, 0.2) is 9.59 Å². The number of carboxylic acids is 1. The molecular weight excluding hydrogens is 264 g/mol. The summed E-state index contributed by atoms with van der Waals surface area (Å²) in [4.78, 5) is 36.6. The summed E-state index contributed by atoms with van der Waals surface area (Å²) in [6, 6.07) is -0.781. The third-order valence-corrected chi connectivity index (χ3v) is 3.73. The van der Waals surface area contributed by atoms with Gasteiger partial charge in [-0.25, -0.2) is 14.3 Å². The molecule has 0 spiro atoms. The van der Waals surface area contributed by atoms with E-state index in [0.717, 1.165) is 15.7 Å². The third-order valence-electron chi connectivity index (χ3n) is 3.73. The maximum absolute atomic E-state index is 12.1. The summed E-state index contributed by atoms with van der Waals surface area (Å²) >= 11 is 0. The number of aromatic nitrogens is 3. The molecule has 2 atom stereocenters. The van der Waals surface area contributed by atoms with Crippen molar-refractivity contribution >= 4 is 11.8 Å². The summed E-state index contributed by atoms with van der Waals surface area (Å²) in [6.45, 7) is 2.43. The van der Waals surface area contributed by atoms with Gasteiger partial charge in [0.25, 0.3) is 5.56 Å². The normalized spacial score (nSPS) is 22.9. The lowest BCUT2D eigenvalue weighted by atomic mass is 9.92. The van der Waals surface area contributed by atoms with Crippen LogP contribution in [-0.4, -0.2) is 38.0 Å². The summed E-state index contributed by atoms with van der Waals surface area (Å²) in [5.74, 6) is -0.674. The Morgan fingerprint density at radius 2 is 2.00 bits per heavy atom. The van der Waals surface area contributed by atoms with E-state index in [1.165, 1.54) is 19.0 Å². The average molecular weight is 282 g/mol. The fourth-order valence-corrected chi connectivity index (χ4v) is 2.49. The smallest absolute Gasteiger partial charge is 0.346 e. The highest BCUT2D eigenvalue weighted by Crippen LogP contribution is 2.24. The lowest BCUT2D eigenvalue weighted by Crippen LogP contribution is -2.52. The van der Waals surface area contributed by atoms with Crippen molar-refractivity contribution in [2.75, 3.05) is 11.4 Å². The Morgan fingerprint density at radius 1 is 1.35 bits per heavy atom. The van der Waals surface area contributed by atoms with Crippen molar-refractivity contribution in [3.05, 3.63) is 20.8 Å². The maximum Gasteiger partial charge on any atom is 0.346 e. The zero-order valence-electron chi connectivity index (χ0n) is 11.7. The van der Waals surface area contributed by atoms with Crippen LogP contribution in [0.4, 0.5) is 5.82 Å². The van der Waals surface area contributed by atoms with Gasteiger partial charge in [-0.05, 0) is 18.8 Å². The number of rotatable bonds is 2. The van der Waals surface area contributed by atoms with Crippen LogP contribution in [0.1, 0.15) is 19.8 Å². The lowest BCUT2D eigenvalue weighted by molar-refractivity contribution is -0.139. The van der Waals surface area contributed by atoms with Crippen LogP contribution in [0.2, 0.25) is 0 Å². The second-order valence-electron chi connectivity index (χ2n) is 5.27. The number of carbonyl (C=O) groups is 1. The van der Waals surface area contributed by atoms with E-state index in [1.807, 2.05) is 6.92 Å². The van der Waals surface area contributed by atoms with Gasteiger partial charge < -0.3 is 10.0 Å². The van der Waals surface area contributed by atoms with E-state index in [0.29, 0.717) is 13.0 Å². The highest BCUT2D eigenvalue weighted by Gasteiger charge is 2.34. The van der Waals surface area contributed by atoms with Gasteiger partial charge in [-0.15, -0.1) is 5.10 Å². The number of hydrogen-bond acceptors (Lipinski definition) is 5. The minimum atomic E-state index is -0.978. The summed E-state index contributed by atoms with van der Waals surface area (Å²) in [5, 5.41) is 13.3. The summed E-state index contributed by atoms with van der Waals surface area (Å²) < 4.78 is 1.99. The van der Waals surface area contributed by atoms with Gasteiger partial charge >= 0.3 is 11.7 Å². The van der Waals surface area contributed by atoms with Gasteiger partial charge in [-0.3, -0.25) is 9.36 Å². The first kappa shape index (κ1) is 14.3. The van der Waals surface area contributed by atoms with Crippen molar-refractivity contribution in [3.63, 3.8) is 0 Å². The van der Waals surface area contributed by atoms with E-state index in [2.05, 4.69) is 5.10 Å². The predicted molar refractivity (Wildman–Crippen MR) is 71.9 cm³/mol. The van der Waals surface area contributed by atoms with Gasteiger partial charge in [0.05, 0.1) is 0 Å². The Kier molecular flexibility index (Phi) is 3.65. The molecule has 0 aliphatic carbocycles. The summed E-state index contributed by atoms with van der Waals surface area (Å²) in [6.07, 6.45) is 1.25. The molecule has 1 N–H and O–H groups in total. The summed E-state index contributed by atoms with van der Waals surface area (Å²) in [5.41, 5.74) is -1.09.